The Morgan fingerprint density at radius 3 is 2.46 bits per heavy atom. The summed E-state index contributed by atoms with van der Waals surface area (Å²) < 4.78 is 45.4. The van der Waals surface area contributed by atoms with Gasteiger partial charge in [0.2, 0.25) is 0 Å². The van der Waals surface area contributed by atoms with E-state index in [0.717, 1.165) is 16.8 Å². The second-order valence-electron chi connectivity index (χ2n) is 5.67. The number of hydrogen-bond acceptors (Lipinski definition) is 3. The Labute approximate surface area is 147 Å². The fraction of sp³-hybridized carbons (Fsp3) is 0.158. The predicted molar refractivity (Wildman–Crippen MR) is 91.6 cm³/mol. The maximum absolute atomic E-state index is 13.0. The SMILES string of the molecule is COc1ccccc1-n1nc(C)cc(-c2cccc(C(F)(F)F)c2)c1=O. The molecule has 1 aromatic heterocycles. The number of para-hydroxylation sites is 2. The molecule has 0 atom stereocenters. The average Bonchev–Trinajstić information content (AvgIpc) is 2.62. The molecule has 1 heterocycles. The lowest BCUT2D eigenvalue weighted by molar-refractivity contribution is -0.137. The van der Waals surface area contributed by atoms with E-state index in [4.69, 9.17) is 4.74 Å². The van der Waals surface area contributed by atoms with E-state index in [-0.39, 0.29) is 11.1 Å². The van der Waals surface area contributed by atoms with Crippen molar-refractivity contribution in [3.63, 3.8) is 0 Å². The summed E-state index contributed by atoms with van der Waals surface area (Å²) in [7, 11) is 1.47. The van der Waals surface area contributed by atoms with Crippen molar-refractivity contribution in [2.45, 2.75) is 13.1 Å². The van der Waals surface area contributed by atoms with Crippen LogP contribution in [0.2, 0.25) is 0 Å². The van der Waals surface area contributed by atoms with Crippen LogP contribution in [-0.2, 0) is 6.18 Å². The lowest BCUT2D eigenvalue weighted by Crippen LogP contribution is -2.24. The minimum atomic E-state index is -4.49. The van der Waals surface area contributed by atoms with Gasteiger partial charge in [-0.3, -0.25) is 4.79 Å². The van der Waals surface area contributed by atoms with E-state index in [0.29, 0.717) is 17.1 Å². The number of benzene rings is 2. The van der Waals surface area contributed by atoms with Crippen molar-refractivity contribution >= 4 is 0 Å². The summed E-state index contributed by atoms with van der Waals surface area (Å²) in [5.41, 5.74) is -0.125. The Morgan fingerprint density at radius 2 is 1.77 bits per heavy atom. The standard InChI is InChI=1S/C19H15F3N2O2/c1-12-10-15(13-6-5-7-14(11-13)19(20,21)22)18(25)24(23-12)16-8-3-4-9-17(16)26-2/h3-11H,1-2H3. The molecule has 0 aliphatic heterocycles. The highest BCUT2D eigenvalue weighted by atomic mass is 19.4. The first kappa shape index (κ1) is 17.7. The van der Waals surface area contributed by atoms with Gasteiger partial charge in [0, 0.05) is 0 Å². The predicted octanol–water partition coefficient (Wildman–Crippen LogP) is 4.24. The van der Waals surface area contributed by atoms with Gasteiger partial charge in [0.25, 0.3) is 5.56 Å². The lowest BCUT2D eigenvalue weighted by atomic mass is 10.0. The Hall–Kier alpha value is -3.09. The molecule has 134 valence electrons. The maximum Gasteiger partial charge on any atom is 0.416 e. The first-order chi connectivity index (χ1) is 12.3. The molecule has 2 aromatic carbocycles. The molecule has 0 saturated heterocycles. The molecule has 0 radical (unpaired) electrons. The minimum absolute atomic E-state index is 0.134. The summed E-state index contributed by atoms with van der Waals surface area (Å²) in [6, 6.07) is 13.0. The number of nitrogens with zero attached hydrogens (tertiary/aromatic N) is 2. The number of rotatable bonds is 3. The van der Waals surface area contributed by atoms with Crippen molar-refractivity contribution in [3.8, 4) is 22.6 Å². The van der Waals surface area contributed by atoms with E-state index in [1.807, 2.05) is 0 Å². The second kappa shape index (κ2) is 6.67. The molecule has 0 saturated carbocycles. The normalized spacial score (nSPS) is 11.4. The fourth-order valence-corrected chi connectivity index (χ4v) is 2.65. The lowest BCUT2D eigenvalue weighted by Gasteiger charge is -2.13. The van der Waals surface area contributed by atoms with Crippen molar-refractivity contribution in [2.24, 2.45) is 0 Å². The molecule has 0 bridgehead atoms. The molecular formula is C19H15F3N2O2. The second-order valence-corrected chi connectivity index (χ2v) is 5.67. The minimum Gasteiger partial charge on any atom is -0.494 e. The molecule has 0 N–H and O–H groups in total. The van der Waals surface area contributed by atoms with Gasteiger partial charge in [0.1, 0.15) is 11.4 Å². The van der Waals surface area contributed by atoms with E-state index in [9.17, 15) is 18.0 Å². The molecular weight excluding hydrogens is 345 g/mol. The zero-order valence-electron chi connectivity index (χ0n) is 14.0. The molecule has 0 fully saturated rings. The number of methoxy groups -OCH3 is 1. The number of hydrogen-bond donors (Lipinski definition) is 0. The van der Waals surface area contributed by atoms with Crippen LogP contribution in [0, 0.1) is 6.92 Å². The van der Waals surface area contributed by atoms with Gasteiger partial charge in [-0.25, -0.2) is 0 Å². The number of aromatic nitrogens is 2. The number of alkyl halides is 3. The van der Waals surface area contributed by atoms with Crippen LogP contribution in [0.1, 0.15) is 11.3 Å². The zero-order valence-corrected chi connectivity index (χ0v) is 14.0. The summed E-state index contributed by atoms with van der Waals surface area (Å²) in [6.07, 6.45) is -4.49. The molecule has 0 unspecified atom stereocenters. The largest absolute Gasteiger partial charge is 0.494 e. The molecule has 0 aliphatic carbocycles. The van der Waals surface area contributed by atoms with E-state index in [1.165, 1.54) is 25.3 Å². The third-order valence-corrected chi connectivity index (χ3v) is 3.85. The topological polar surface area (TPSA) is 44.1 Å². The van der Waals surface area contributed by atoms with E-state index in [1.54, 1.807) is 31.2 Å². The average molecular weight is 360 g/mol. The first-order valence-electron chi connectivity index (χ1n) is 7.73. The van der Waals surface area contributed by atoms with Crippen LogP contribution >= 0.6 is 0 Å². The van der Waals surface area contributed by atoms with Crippen molar-refractivity contribution in [3.05, 3.63) is 76.2 Å². The Kier molecular flexibility index (Phi) is 4.54. The Bertz CT molecular complexity index is 1010. The molecule has 26 heavy (non-hydrogen) atoms. The van der Waals surface area contributed by atoms with Crippen LogP contribution in [-0.4, -0.2) is 16.9 Å². The van der Waals surface area contributed by atoms with E-state index in [2.05, 4.69) is 5.10 Å². The van der Waals surface area contributed by atoms with Gasteiger partial charge < -0.3 is 4.74 Å². The zero-order chi connectivity index (χ0) is 18.9. The van der Waals surface area contributed by atoms with Crippen molar-refractivity contribution < 1.29 is 17.9 Å². The van der Waals surface area contributed by atoms with Gasteiger partial charge in [-0.1, -0.05) is 24.3 Å². The quantitative estimate of drug-likeness (QED) is 0.702. The Balaban J connectivity index is 2.23. The van der Waals surface area contributed by atoms with Gasteiger partial charge in [0.15, 0.2) is 0 Å². The summed E-state index contributed by atoms with van der Waals surface area (Å²) in [5.74, 6) is 0.433. The van der Waals surface area contributed by atoms with Gasteiger partial charge in [-0.2, -0.15) is 23.0 Å². The number of aryl methyl sites for hydroxylation is 1. The monoisotopic (exact) mass is 360 g/mol. The van der Waals surface area contributed by atoms with Crippen LogP contribution in [0.25, 0.3) is 16.8 Å². The summed E-state index contributed by atoms with van der Waals surface area (Å²) in [4.78, 5) is 12.9. The summed E-state index contributed by atoms with van der Waals surface area (Å²) >= 11 is 0. The number of halogens is 3. The molecule has 0 aliphatic rings. The molecule has 7 heteroatoms. The molecule has 4 nitrogen and oxygen atoms in total. The van der Waals surface area contributed by atoms with Crippen LogP contribution < -0.4 is 10.3 Å². The van der Waals surface area contributed by atoms with Crippen LogP contribution in [0.4, 0.5) is 13.2 Å². The highest BCUT2D eigenvalue weighted by Gasteiger charge is 2.30. The Morgan fingerprint density at radius 1 is 1.04 bits per heavy atom. The van der Waals surface area contributed by atoms with Crippen LogP contribution in [0.5, 0.6) is 5.75 Å². The van der Waals surface area contributed by atoms with Crippen LogP contribution in [0.15, 0.2) is 59.4 Å². The van der Waals surface area contributed by atoms with Gasteiger partial charge in [-0.05, 0) is 42.8 Å². The summed E-state index contributed by atoms with van der Waals surface area (Å²) in [5, 5.41) is 4.21. The molecule has 0 spiro atoms. The van der Waals surface area contributed by atoms with E-state index < -0.39 is 17.3 Å². The molecule has 0 amide bonds. The van der Waals surface area contributed by atoms with Gasteiger partial charge in [-0.15, -0.1) is 0 Å². The first-order valence-corrected chi connectivity index (χ1v) is 7.73. The van der Waals surface area contributed by atoms with Gasteiger partial charge >= 0.3 is 6.18 Å². The maximum atomic E-state index is 13.0. The molecule has 3 rings (SSSR count). The highest BCUT2D eigenvalue weighted by molar-refractivity contribution is 5.64. The van der Waals surface area contributed by atoms with Crippen molar-refractivity contribution in [1.29, 1.82) is 0 Å². The third kappa shape index (κ3) is 3.33. The highest BCUT2D eigenvalue weighted by Crippen LogP contribution is 2.31. The number of ether oxygens (including phenoxy) is 1. The van der Waals surface area contributed by atoms with Gasteiger partial charge in [0.05, 0.1) is 23.9 Å². The fourth-order valence-electron chi connectivity index (χ4n) is 2.65. The van der Waals surface area contributed by atoms with Crippen molar-refractivity contribution in [2.75, 3.05) is 7.11 Å². The molecule has 3 aromatic rings. The summed E-state index contributed by atoms with van der Waals surface area (Å²) in [6.45, 7) is 1.67. The smallest absolute Gasteiger partial charge is 0.416 e. The third-order valence-electron chi connectivity index (χ3n) is 3.85. The van der Waals surface area contributed by atoms with E-state index >= 15 is 0 Å². The van der Waals surface area contributed by atoms with Crippen molar-refractivity contribution in [1.82, 2.24) is 9.78 Å². The van der Waals surface area contributed by atoms with Crippen LogP contribution in [0.3, 0.4) is 0 Å².